The quantitative estimate of drug-likeness (QED) is 0.708. The summed E-state index contributed by atoms with van der Waals surface area (Å²) >= 11 is 0. The van der Waals surface area contributed by atoms with Crippen molar-refractivity contribution in [2.75, 3.05) is 18.1 Å². The Morgan fingerprint density at radius 3 is 2.59 bits per heavy atom. The van der Waals surface area contributed by atoms with Gasteiger partial charge in [0.15, 0.2) is 9.84 Å². The number of carbonyl (C=O) groups is 1. The molecule has 0 aromatic carbocycles. The lowest BCUT2D eigenvalue weighted by atomic mass is 10.1. The van der Waals surface area contributed by atoms with Crippen LogP contribution in [0.5, 0.6) is 0 Å². The average molecular weight is 260 g/mol. The Bertz CT molecular complexity index is 390. The number of nitrogens with one attached hydrogen (secondary N) is 1. The Morgan fingerprint density at radius 1 is 1.35 bits per heavy atom. The summed E-state index contributed by atoms with van der Waals surface area (Å²) in [5.41, 5.74) is 5.85. The number of carbonyl (C=O) groups excluding carboxylic acids is 1. The Balaban J connectivity index is 1.66. The van der Waals surface area contributed by atoms with Gasteiger partial charge in [-0.15, -0.1) is 0 Å². The van der Waals surface area contributed by atoms with Crippen LogP contribution >= 0.6 is 0 Å². The van der Waals surface area contributed by atoms with Gasteiger partial charge in [0, 0.05) is 19.0 Å². The van der Waals surface area contributed by atoms with E-state index in [0.29, 0.717) is 25.3 Å². The van der Waals surface area contributed by atoms with Crippen LogP contribution in [0.2, 0.25) is 0 Å². The van der Waals surface area contributed by atoms with E-state index >= 15 is 0 Å². The summed E-state index contributed by atoms with van der Waals surface area (Å²) in [4.78, 5) is 11.6. The molecule has 1 saturated carbocycles. The SMILES string of the molecule is NC(CC(=O)NCC1CCS(=O)(=O)C1)C1CC1. The van der Waals surface area contributed by atoms with E-state index in [4.69, 9.17) is 5.73 Å². The monoisotopic (exact) mass is 260 g/mol. The third-order valence-corrected chi connectivity index (χ3v) is 5.40. The van der Waals surface area contributed by atoms with Crippen molar-refractivity contribution < 1.29 is 13.2 Å². The van der Waals surface area contributed by atoms with E-state index in [2.05, 4.69) is 5.32 Å². The van der Waals surface area contributed by atoms with E-state index in [9.17, 15) is 13.2 Å². The lowest BCUT2D eigenvalue weighted by molar-refractivity contribution is -0.121. The Labute approximate surface area is 102 Å². The van der Waals surface area contributed by atoms with Gasteiger partial charge in [-0.05, 0) is 31.1 Å². The number of rotatable bonds is 5. The molecule has 0 bridgehead atoms. The van der Waals surface area contributed by atoms with Crippen LogP contribution in [0.1, 0.15) is 25.7 Å². The molecule has 2 atom stereocenters. The van der Waals surface area contributed by atoms with Gasteiger partial charge in [0.1, 0.15) is 0 Å². The fourth-order valence-corrected chi connectivity index (χ4v) is 4.13. The third kappa shape index (κ3) is 3.96. The van der Waals surface area contributed by atoms with Crippen LogP contribution in [0.25, 0.3) is 0 Å². The first-order chi connectivity index (χ1) is 7.96. The molecular weight excluding hydrogens is 240 g/mol. The van der Waals surface area contributed by atoms with Crippen molar-refractivity contribution >= 4 is 15.7 Å². The molecule has 0 aromatic heterocycles. The van der Waals surface area contributed by atoms with E-state index in [1.807, 2.05) is 0 Å². The minimum atomic E-state index is -2.85. The van der Waals surface area contributed by atoms with Crippen LogP contribution in [0, 0.1) is 11.8 Å². The van der Waals surface area contributed by atoms with Gasteiger partial charge < -0.3 is 11.1 Å². The number of sulfone groups is 1. The maximum absolute atomic E-state index is 11.6. The van der Waals surface area contributed by atoms with Crippen LogP contribution in [-0.2, 0) is 14.6 Å². The molecule has 6 heteroatoms. The van der Waals surface area contributed by atoms with Gasteiger partial charge in [-0.1, -0.05) is 0 Å². The number of amides is 1. The van der Waals surface area contributed by atoms with E-state index in [1.54, 1.807) is 0 Å². The Hall–Kier alpha value is -0.620. The van der Waals surface area contributed by atoms with Crippen molar-refractivity contribution in [2.24, 2.45) is 17.6 Å². The minimum absolute atomic E-state index is 0.0256. The molecule has 5 nitrogen and oxygen atoms in total. The van der Waals surface area contributed by atoms with Gasteiger partial charge in [-0.2, -0.15) is 0 Å². The van der Waals surface area contributed by atoms with E-state index in [0.717, 1.165) is 12.8 Å². The van der Waals surface area contributed by atoms with Gasteiger partial charge in [0.2, 0.25) is 5.91 Å². The predicted molar refractivity (Wildman–Crippen MR) is 65.1 cm³/mol. The Morgan fingerprint density at radius 2 is 2.06 bits per heavy atom. The third-order valence-electron chi connectivity index (χ3n) is 3.56. The smallest absolute Gasteiger partial charge is 0.221 e. The van der Waals surface area contributed by atoms with Crippen LogP contribution in [-0.4, -0.2) is 38.4 Å². The fraction of sp³-hybridized carbons (Fsp3) is 0.909. The summed E-state index contributed by atoms with van der Waals surface area (Å²) in [6.45, 7) is 0.468. The molecule has 17 heavy (non-hydrogen) atoms. The highest BCUT2D eigenvalue weighted by Gasteiger charge is 2.31. The zero-order valence-electron chi connectivity index (χ0n) is 9.89. The fourth-order valence-electron chi connectivity index (χ4n) is 2.27. The highest BCUT2D eigenvalue weighted by atomic mass is 32.2. The number of hydrogen-bond acceptors (Lipinski definition) is 4. The second-order valence-electron chi connectivity index (χ2n) is 5.28. The summed E-state index contributed by atoms with van der Waals surface area (Å²) in [5, 5.41) is 2.79. The van der Waals surface area contributed by atoms with Crippen molar-refractivity contribution in [1.29, 1.82) is 0 Å². The normalized spacial score (nSPS) is 28.9. The zero-order chi connectivity index (χ0) is 12.5. The highest BCUT2D eigenvalue weighted by Crippen LogP contribution is 2.32. The van der Waals surface area contributed by atoms with Crippen LogP contribution < -0.4 is 11.1 Å². The second-order valence-corrected chi connectivity index (χ2v) is 7.51. The molecule has 1 saturated heterocycles. The molecule has 98 valence electrons. The van der Waals surface area contributed by atoms with Crippen molar-refractivity contribution in [3.63, 3.8) is 0 Å². The molecule has 2 unspecified atom stereocenters. The van der Waals surface area contributed by atoms with Crippen LogP contribution in [0.4, 0.5) is 0 Å². The van der Waals surface area contributed by atoms with Gasteiger partial charge in [0.05, 0.1) is 11.5 Å². The van der Waals surface area contributed by atoms with Gasteiger partial charge >= 0.3 is 0 Å². The molecule has 2 fully saturated rings. The molecule has 0 spiro atoms. The van der Waals surface area contributed by atoms with Crippen molar-refractivity contribution in [3.8, 4) is 0 Å². The van der Waals surface area contributed by atoms with Gasteiger partial charge in [-0.25, -0.2) is 8.42 Å². The maximum atomic E-state index is 11.6. The molecule has 2 rings (SSSR count). The molecule has 1 heterocycles. The van der Waals surface area contributed by atoms with E-state index in [-0.39, 0.29) is 29.4 Å². The van der Waals surface area contributed by atoms with Crippen molar-refractivity contribution in [3.05, 3.63) is 0 Å². The second kappa shape index (κ2) is 4.94. The molecule has 1 aliphatic heterocycles. The van der Waals surface area contributed by atoms with E-state index in [1.165, 1.54) is 0 Å². The lowest BCUT2D eigenvalue weighted by Gasteiger charge is -2.12. The van der Waals surface area contributed by atoms with Crippen molar-refractivity contribution in [2.45, 2.75) is 31.7 Å². The molecule has 0 aromatic rings. The molecule has 1 aliphatic carbocycles. The first kappa shape index (κ1) is 12.8. The molecular formula is C11H20N2O3S. The first-order valence-corrected chi connectivity index (χ1v) is 8.01. The predicted octanol–water partition coefficient (Wildman–Crippen LogP) is -0.335. The summed E-state index contributed by atoms with van der Waals surface area (Å²) in [6.07, 6.45) is 3.30. The minimum Gasteiger partial charge on any atom is -0.356 e. The largest absolute Gasteiger partial charge is 0.356 e. The molecule has 0 radical (unpaired) electrons. The summed E-state index contributed by atoms with van der Waals surface area (Å²) in [6, 6.07) is -0.0256. The van der Waals surface area contributed by atoms with Crippen LogP contribution in [0.15, 0.2) is 0 Å². The molecule has 2 aliphatic rings. The topological polar surface area (TPSA) is 89.3 Å². The summed E-state index contributed by atoms with van der Waals surface area (Å²) < 4.78 is 22.5. The maximum Gasteiger partial charge on any atom is 0.221 e. The average Bonchev–Trinajstić information content (AvgIpc) is 3.01. The zero-order valence-corrected chi connectivity index (χ0v) is 10.7. The first-order valence-electron chi connectivity index (χ1n) is 6.19. The molecule has 1 amide bonds. The lowest BCUT2D eigenvalue weighted by Crippen LogP contribution is -2.35. The van der Waals surface area contributed by atoms with Gasteiger partial charge in [0.25, 0.3) is 0 Å². The van der Waals surface area contributed by atoms with Crippen molar-refractivity contribution in [1.82, 2.24) is 5.32 Å². The van der Waals surface area contributed by atoms with E-state index < -0.39 is 9.84 Å². The number of nitrogens with two attached hydrogens (primary N) is 1. The standard InChI is InChI=1S/C11H20N2O3S/c12-10(9-1-2-9)5-11(14)13-6-8-3-4-17(15,16)7-8/h8-10H,1-7,12H2,(H,13,14). The summed E-state index contributed by atoms with van der Waals surface area (Å²) in [7, 11) is -2.85. The number of hydrogen-bond donors (Lipinski definition) is 2. The van der Waals surface area contributed by atoms with Crippen LogP contribution in [0.3, 0.4) is 0 Å². The molecule has 3 N–H and O–H groups in total. The Kier molecular flexibility index (Phi) is 3.73. The summed E-state index contributed by atoms with van der Waals surface area (Å²) in [5.74, 6) is 1.03. The highest BCUT2D eigenvalue weighted by molar-refractivity contribution is 7.91. The van der Waals surface area contributed by atoms with Gasteiger partial charge in [-0.3, -0.25) is 4.79 Å².